The van der Waals surface area contributed by atoms with Crippen molar-refractivity contribution < 1.29 is 18.7 Å². The first-order valence-corrected chi connectivity index (χ1v) is 4.91. The van der Waals surface area contributed by atoms with Gasteiger partial charge in [0.15, 0.2) is 10.5 Å². The molecular weight excluding hydrogens is 250 g/mol. The zero-order chi connectivity index (χ0) is 12.6. The van der Waals surface area contributed by atoms with Gasteiger partial charge in [0.25, 0.3) is 0 Å². The fourth-order valence-corrected chi connectivity index (χ4v) is 1.64. The van der Waals surface area contributed by atoms with Crippen LogP contribution in [0, 0.1) is 16.4 Å². The van der Waals surface area contributed by atoms with Gasteiger partial charge in [-0.25, -0.2) is 13.6 Å². The monoisotopic (exact) mass is 256 g/mol. The van der Waals surface area contributed by atoms with E-state index in [9.17, 15) is 13.6 Å². The highest BCUT2D eigenvalue weighted by molar-refractivity contribution is 7.71. The number of hydrogen-bond donors (Lipinski definition) is 3. The Morgan fingerprint density at radius 1 is 1.29 bits per heavy atom. The van der Waals surface area contributed by atoms with Gasteiger partial charge in [-0.05, 0) is 30.4 Å². The lowest BCUT2D eigenvalue weighted by Gasteiger charge is -2.02. The number of carbonyl (C=O) groups is 1. The van der Waals surface area contributed by atoms with Crippen LogP contribution >= 0.6 is 12.2 Å². The molecule has 88 valence electrons. The number of hydrogen-bond acceptors (Lipinski definition) is 2. The van der Waals surface area contributed by atoms with E-state index in [-0.39, 0.29) is 21.7 Å². The number of halogens is 2. The molecule has 2 rings (SSSR count). The van der Waals surface area contributed by atoms with Crippen LogP contribution in [-0.4, -0.2) is 21.0 Å². The molecule has 2 aromatic rings. The molecule has 3 N–H and O–H groups in total. The van der Waals surface area contributed by atoms with Crippen LogP contribution in [0.1, 0.15) is 10.5 Å². The summed E-state index contributed by atoms with van der Waals surface area (Å²) < 4.78 is 26.5. The van der Waals surface area contributed by atoms with Gasteiger partial charge < -0.3 is 15.1 Å². The third-order valence-corrected chi connectivity index (χ3v) is 2.34. The summed E-state index contributed by atoms with van der Waals surface area (Å²) in [7, 11) is 0. The molecule has 0 bridgehead atoms. The highest BCUT2D eigenvalue weighted by Gasteiger charge is 2.18. The molecule has 0 aliphatic rings. The Labute approximate surface area is 98.9 Å². The van der Waals surface area contributed by atoms with Crippen LogP contribution in [0.3, 0.4) is 0 Å². The van der Waals surface area contributed by atoms with Crippen molar-refractivity contribution in [2.45, 2.75) is 0 Å². The van der Waals surface area contributed by atoms with Crippen molar-refractivity contribution in [1.82, 2.24) is 9.97 Å². The maximum Gasteiger partial charge on any atom is 0.354 e. The van der Waals surface area contributed by atoms with Crippen molar-refractivity contribution in [2.24, 2.45) is 0 Å². The van der Waals surface area contributed by atoms with E-state index in [0.717, 1.165) is 18.2 Å². The number of rotatable bonds is 2. The predicted octanol–water partition coefficient (Wildman–Crippen LogP) is 2.72. The van der Waals surface area contributed by atoms with Crippen molar-refractivity contribution in [3.63, 3.8) is 0 Å². The Balaban J connectivity index is 2.72. The third kappa shape index (κ3) is 2.09. The Bertz CT molecular complexity index is 648. The molecule has 1 heterocycles. The highest BCUT2D eigenvalue weighted by atomic mass is 32.1. The smallest absolute Gasteiger partial charge is 0.354 e. The van der Waals surface area contributed by atoms with Crippen molar-refractivity contribution in [1.29, 1.82) is 0 Å². The number of benzene rings is 1. The lowest BCUT2D eigenvalue weighted by Crippen LogP contribution is -2.00. The Morgan fingerprint density at radius 3 is 2.65 bits per heavy atom. The molecule has 17 heavy (non-hydrogen) atoms. The Morgan fingerprint density at radius 2 is 2.00 bits per heavy atom. The van der Waals surface area contributed by atoms with Crippen LogP contribution in [0.25, 0.3) is 11.3 Å². The van der Waals surface area contributed by atoms with Gasteiger partial charge in [-0.2, -0.15) is 0 Å². The van der Waals surface area contributed by atoms with Gasteiger partial charge in [-0.3, -0.25) is 0 Å². The van der Waals surface area contributed by atoms with Gasteiger partial charge in [0.2, 0.25) is 0 Å². The largest absolute Gasteiger partial charge is 0.477 e. The molecule has 0 aliphatic carbocycles. The van der Waals surface area contributed by atoms with E-state index in [2.05, 4.69) is 9.97 Å². The average molecular weight is 256 g/mol. The zero-order valence-electron chi connectivity index (χ0n) is 8.25. The van der Waals surface area contributed by atoms with Crippen LogP contribution < -0.4 is 0 Å². The lowest BCUT2D eigenvalue weighted by molar-refractivity contribution is 0.0692. The van der Waals surface area contributed by atoms with E-state index in [1.165, 1.54) is 0 Å². The molecule has 1 aromatic carbocycles. The SMILES string of the molecule is O=C(O)c1[nH]c(=S)[nH]c1-c1cc(F)ccc1F. The summed E-state index contributed by atoms with van der Waals surface area (Å²) in [6.07, 6.45) is 0. The summed E-state index contributed by atoms with van der Waals surface area (Å²) in [6.45, 7) is 0. The summed E-state index contributed by atoms with van der Waals surface area (Å²) in [5, 5.41) is 8.89. The van der Waals surface area contributed by atoms with Gasteiger partial charge >= 0.3 is 5.97 Å². The van der Waals surface area contributed by atoms with E-state index in [1.807, 2.05) is 0 Å². The zero-order valence-corrected chi connectivity index (χ0v) is 9.07. The molecule has 0 saturated carbocycles. The lowest BCUT2D eigenvalue weighted by atomic mass is 10.1. The normalized spacial score (nSPS) is 10.5. The molecule has 7 heteroatoms. The van der Waals surface area contributed by atoms with E-state index in [0.29, 0.717) is 0 Å². The number of aromatic carboxylic acids is 1. The number of carboxylic acids is 1. The maximum absolute atomic E-state index is 13.5. The van der Waals surface area contributed by atoms with Crippen molar-refractivity contribution in [2.75, 3.05) is 0 Å². The first-order valence-electron chi connectivity index (χ1n) is 4.50. The van der Waals surface area contributed by atoms with Gasteiger partial charge in [-0.15, -0.1) is 0 Å². The first-order chi connectivity index (χ1) is 7.99. The van der Waals surface area contributed by atoms with E-state index < -0.39 is 17.6 Å². The summed E-state index contributed by atoms with van der Waals surface area (Å²) in [4.78, 5) is 15.7. The number of aromatic amines is 2. The minimum absolute atomic E-state index is 0.0288. The average Bonchev–Trinajstić information content (AvgIpc) is 2.64. The molecule has 0 amide bonds. The second-order valence-electron chi connectivity index (χ2n) is 3.26. The molecular formula is C10H6F2N2O2S. The molecule has 0 fully saturated rings. The number of nitrogens with one attached hydrogen (secondary N) is 2. The van der Waals surface area contributed by atoms with Crippen molar-refractivity contribution in [3.8, 4) is 11.3 Å². The molecule has 0 aliphatic heterocycles. The van der Waals surface area contributed by atoms with Crippen molar-refractivity contribution in [3.05, 3.63) is 40.3 Å². The number of carboxylic acid groups (broad SMARTS) is 1. The number of H-pyrrole nitrogens is 2. The standard InChI is InChI=1S/C10H6F2N2O2S/c11-4-1-2-6(12)5(3-4)7-8(9(15)16)14-10(17)13-7/h1-3H,(H,15,16)(H2,13,14,17). The summed E-state index contributed by atoms with van der Waals surface area (Å²) >= 11 is 4.73. The van der Waals surface area contributed by atoms with Crippen molar-refractivity contribution >= 4 is 18.2 Å². The third-order valence-electron chi connectivity index (χ3n) is 2.14. The van der Waals surface area contributed by atoms with Gasteiger partial charge in [0.05, 0.1) is 5.69 Å². The quantitative estimate of drug-likeness (QED) is 0.723. The van der Waals surface area contributed by atoms with Crippen LogP contribution in [-0.2, 0) is 0 Å². The second-order valence-corrected chi connectivity index (χ2v) is 3.67. The highest BCUT2D eigenvalue weighted by Crippen LogP contribution is 2.24. The summed E-state index contributed by atoms with van der Waals surface area (Å²) in [5.41, 5.74) is -0.575. The first kappa shape index (κ1) is 11.5. The Kier molecular flexibility index (Phi) is 2.76. The molecule has 1 aromatic heterocycles. The fourth-order valence-electron chi connectivity index (χ4n) is 1.43. The second kappa shape index (κ2) is 4.10. The van der Waals surface area contributed by atoms with Gasteiger partial charge in [0.1, 0.15) is 11.6 Å². The molecule has 0 saturated heterocycles. The Hall–Kier alpha value is -2.02. The van der Waals surface area contributed by atoms with E-state index in [4.69, 9.17) is 17.3 Å². The van der Waals surface area contributed by atoms with Crippen LogP contribution in [0.15, 0.2) is 18.2 Å². The minimum Gasteiger partial charge on any atom is -0.477 e. The van der Waals surface area contributed by atoms with Crippen LogP contribution in [0.4, 0.5) is 8.78 Å². The summed E-state index contributed by atoms with van der Waals surface area (Å²) in [5.74, 6) is -2.71. The topological polar surface area (TPSA) is 68.9 Å². The van der Waals surface area contributed by atoms with E-state index in [1.54, 1.807) is 0 Å². The maximum atomic E-state index is 13.5. The summed E-state index contributed by atoms with van der Waals surface area (Å²) in [6, 6.07) is 2.76. The van der Waals surface area contributed by atoms with Gasteiger partial charge in [0, 0.05) is 5.56 Å². The van der Waals surface area contributed by atoms with Crippen LogP contribution in [0.5, 0.6) is 0 Å². The van der Waals surface area contributed by atoms with E-state index >= 15 is 0 Å². The van der Waals surface area contributed by atoms with Crippen LogP contribution in [0.2, 0.25) is 0 Å². The predicted molar refractivity (Wildman–Crippen MR) is 58.3 cm³/mol. The molecule has 0 radical (unpaired) electrons. The van der Waals surface area contributed by atoms with Gasteiger partial charge in [-0.1, -0.05) is 0 Å². The fraction of sp³-hybridized carbons (Fsp3) is 0. The number of imidazole rings is 1. The number of aromatic nitrogens is 2. The molecule has 0 atom stereocenters. The molecule has 0 unspecified atom stereocenters. The molecule has 0 spiro atoms. The minimum atomic E-state index is -1.31. The molecule has 4 nitrogen and oxygen atoms in total.